The standard InChI is InChI=1S/C14H29N3O/c1-9(2)12(8-16(6)7)17-13(10(3)4)15-11(5)14(17)18/h9-13,15H,8H2,1-7H3. The van der Waals surface area contributed by atoms with E-state index < -0.39 is 0 Å². The fourth-order valence-corrected chi connectivity index (χ4v) is 2.65. The smallest absolute Gasteiger partial charge is 0.241 e. The van der Waals surface area contributed by atoms with E-state index in [1.807, 2.05) is 6.92 Å². The first-order valence-electron chi connectivity index (χ1n) is 6.98. The summed E-state index contributed by atoms with van der Waals surface area (Å²) in [5.74, 6) is 1.14. The maximum atomic E-state index is 12.4. The third kappa shape index (κ3) is 3.23. The molecule has 0 saturated carbocycles. The van der Waals surface area contributed by atoms with E-state index in [9.17, 15) is 4.79 Å². The largest absolute Gasteiger partial charge is 0.321 e. The fourth-order valence-electron chi connectivity index (χ4n) is 2.65. The average Bonchev–Trinajstić information content (AvgIpc) is 2.52. The van der Waals surface area contributed by atoms with Crippen LogP contribution < -0.4 is 5.32 Å². The third-order valence-electron chi connectivity index (χ3n) is 3.66. The van der Waals surface area contributed by atoms with Crippen LogP contribution in [0.15, 0.2) is 0 Å². The molecule has 0 aromatic heterocycles. The van der Waals surface area contributed by atoms with Crippen LogP contribution in [0.3, 0.4) is 0 Å². The highest BCUT2D eigenvalue weighted by molar-refractivity contribution is 5.84. The monoisotopic (exact) mass is 255 g/mol. The van der Waals surface area contributed by atoms with Crippen LogP contribution in [-0.2, 0) is 4.79 Å². The summed E-state index contributed by atoms with van der Waals surface area (Å²) in [4.78, 5) is 16.6. The molecule has 4 nitrogen and oxygen atoms in total. The van der Waals surface area contributed by atoms with Crippen molar-refractivity contribution >= 4 is 5.91 Å². The fraction of sp³-hybridized carbons (Fsp3) is 0.929. The van der Waals surface area contributed by atoms with Gasteiger partial charge in [0, 0.05) is 12.6 Å². The number of nitrogens with one attached hydrogen (secondary N) is 1. The third-order valence-corrected chi connectivity index (χ3v) is 3.66. The Bertz CT molecular complexity index is 289. The van der Waals surface area contributed by atoms with Gasteiger partial charge >= 0.3 is 0 Å². The first-order chi connectivity index (χ1) is 8.25. The molecular formula is C14H29N3O. The minimum atomic E-state index is -0.0548. The van der Waals surface area contributed by atoms with Crippen molar-refractivity contribution in [1.29, 1.82) is 0 Å². The number of carbonyl (C=O) groups is 1. The van der Waals surface area contributed by atoms with Crippen molar-refractivity contribution in [3.05, 3.63) is 0 Å². The van der Waals surface area contributed by atoms with E-state index in [4.69, 9.17) is 0 Å². The second kappa shape index (κ2) is 6.02. The van der Waals surface area contributed by atoms with Crippen LogP contribution in [0.2, 0.25) is 0 Å². The summed E-state index contributed by atoms with van der Waals surface area (Å²) in [6.07, 6.45) is 0.167. The predicted octanol–water partition coefficient (Wildman–Crippen LogP) is 1.37. The Hall–Kier alpha value is -0.610. The van der Waals surface area contributed by atoms with E-state index in [1.165, 1.54) is 0 Å². The zero-order valence-corrected chi connectivity index (χ0v) is 12.9. The van der Waals surface area contributed by atoms with E-state index in [-0.39, 0.29) is 24.2 Å². The van der Waals surface area contributed by atoms with Gasteiger partial charge in [0.25, 0.3) is 0 Å². The molecule has 1 saturated heterocycles. The maximum Gasteiger partial charge on any atom is 0.241 e. The van der Waals surface area contributed by atoms with Crippen LogP contribution in [-0.4, -0.2) is 54.6 Å². The van der Waals surface area contributed by atoms with Gasteiger partial charge in [-0.25, -0.2) is 0 Å². The zero-order chi connectivity index (χ0) is 14.0. The lowest BCUT2D eigenvalue weighted by Crippen LogP contribution is -2.53. The molecule has 3 atom stereocenters. The Morgan fingerprint density at radius 3 is 2.22 bits per heavy atom. The van der Waals surface area contributed by atoms with E-state index in [0.717, 1.165) is 6.54 Å². The topological polar surface area (TPSA) is 35.6 Å². The maximum absolute atomic E-state index is 12.4. The minimum Gasteiger partial charge on any atom is -0.321 e. The lowest BCUT2D eigenvalue weighted by atomic mass is 9.99. The molecule has 1 aliphatic heterocycles. The van der Waals surface area contributed by atoms with Crippen LogP contribution in [0.5, 0.6) is 0 Å². The number of hydrogen-bond donors (Lipinski definition) is 1. The van der Waals surface area contributed by atoms with Gasteiger partial charge in [0.05, 0.1) is 12.2 Å². The first-order valence-corrected chi connectivity index (χ1v) is 6.98. The summed E-state index contributed by atoms with van der Waals surface area (Å²) in [5.41, 5.74) is 0. The molecular weight excluding hydrogens is 226 g/mol. The molecule has 1 aliphatic rings. The Balaban J connectivity index is 2.95. The van der Waals surface area contributed by atoms with Gasteiger partial charge in [-0.1, -0.05) is 27.7 Å². The Morgan fingerprint density at radius 1 is 1.28 bits per heavy atom. The predicted molar refractivity (Wildman–Crippen MR) is 75.2 cm³/mol. The van der Waals surface area contributed by atoms with Gasteiger partial charge < -0.3 is 9.80 Å². The molecule has 18 heavy (non-hydrogen) atoms. The summed E-state index contributed by atoms with van der Waals surface area (Å²) in [5, 5.41) is 3.42. The molecule has 0 spiro atoms. The Morgan fingerprint density at radius 2 is 1.83 bits per heavy atom. The van der Waals surface area contributed by atoms with E-state index in [0.29, 0.717) is 11.8 Å². The highest BCUT2D eigenvalue weighted by Crippen LogP contribution is 2.24. The number of rotatable bonds is 5. The van der Waals surface area contributed by atoms with Gasteiger partial charge in [0.2, 0.25) is 5.91 Å². The molecule has 106 valence electrons. The quantitative estimate of drug-likeness (QED) is 0.806. The average molecular weight is 255 g/mol. The summed E-state index contributed by atoms with van der Waals surface area (Å²) in [6.45, 7) is 11.6. The first kappa shape index (κ1) is 15.4. The summed E-state index contributed by atoms with van der Waals surface area (Å²) >= 11 is 0. The summed E-state index contributed by atoms with van der Waals surface area (Å²) in [6, 6.07) is 0.221. The molecule has 0 aromatic rings. The molecule has 3 unspecified atom stereocenters. The summed E-state index contributed by atoms with van der Waals surface area (Å²) in [7, 11) is 4.13. The van der Waals surface area contributed by atoms with Gasteiger partial charge in [0.15, 0.2) is 0 Å². The molecule has 0 aliphatic carbocycles. The van der Waals surface area contributed by atoms with Crippen molar-refractivity contribution in [3.63, 3.8) is 0 Å². The molecule has 1 N–H and O–H groups in total. The molecule has 1 fully saturated rings. The number of amides is 1. The lowest BCUT2D eigenvalue weighted by Gasteiger charge is -2.38. The molecule has 1 heterocycles. The Labute approximate surface area is 112 Å². The Kier molecular flexibility index (Phi) is 5.17. The lowest BCUT2D eigenvalue weighted by molar-refractivity contribution is -0.134. The molecule has 0 radical (unpaired) electrons. The summed E-state index contributed by atoms with van der Waals surface area (Å²) < 4.78 is 0. The number of nitrogens with zero attached hydrogens (tertiary/aromatic N) is 2. The van der Waals surface area contributed by atoms with Gasteiger partial charge in [-0.05, 0) is 32.9 Å². The van der Waals surface area contributed by atoms with E-state index >= 15 is 0 Å². The van der Waals surface area contributed by atoms with Gasteiger partial charge in [-0.2, -0.15) is 0 Å². The van der Waals surface area contributed by atoms with Crippen LogP contribution in [0.1, 0.15) is 34.6 Å². The highest BCUT2D eigenvalue weighted by atomic mass is 16.2. The van der Waals surface area contributed by atoms with Crippen LogP contribution in [0.25, 0.3) is 0 Å². The van der Waals surface area contributed by atoms with Crippen molar-refractivity contribution in [1.82, 2.24) is 15.1 Å². The van der Waals surface area contributed by atoms with Crippen molar-refractivity contribution in [2.24, 2.45) is 11.8 Å². The highest BCUT2D eigenvalue weighted by Gasteiger charge is 2.42. The van der Waals surface area contributed by atoms with Crippen molar-refractivity contribution in [3.8, 4) is 0 Å². The number of carbonyl (C=O) groups excluding carboxylic acids is 1. The van der Waals surface area contributed by atoms with Gasteiger partial charge in [0.1, 0.15) is 0 Å². The molecule has 4 heteroatoms. The van der Waals surface area contributed by atoms with E-state index in [2.05, 4.69) is 56.9 Å². The number of hydrogen-bond acceptors (Lipinski definition) is 3. The van der Waals surface area contributed by atoms with Crippen LogP contribution in [0, 0.1) is 11.8 Å². The van der Waals surface area contributed by atoms with Crippen molar-refractivity contribution < 1.29 is 4.79 Å². The van der Waals surface area contributed by atoms with Crippen molar-refractivity contribution in [2.45, 2.75) is 52.9 Å². The van der Waals surface area contributed by atoms with E-state index in [1.54, 1.807) is 0 Å². The van der Waals surface area contributed by atoms with Gasteiger partial charge in [-0.15, -0.1) is 0 Å². The minimum absolute atomic E-state index is 0.0548. The number of likely N-dealkylation sites (N-methyl/N-ethyl adjacent to an activating group) is 1. The normalized spacial score (nSPS) is 26.8. The zero-order valence-electron chi connectivity index (χ0n) is 12.9. The second-order valence-electron chi connectivity index (χ2n) is 6.40. The molecule has 0 aromatic carbocycles. The SMILES string of the molecule is CC1NC(C(C)C)N(C(CN(C)C)C(C)C)C1=O. The van der Waals surface area contributed by atoms with Crippen LogP contribution in [0.4, 0.5) is 0 Å². The van der Waals surface area contributed by atoms with Crippen molar-refractivity contribution in [2.75, 3.05) is 20.6 Å². The second-order valence-corrected chi connectivity index (χ2v) is 6.40. The molecule has 0 bridgehead atoms. The van der Waals surface area contributed by atoms with Crippen LogP contribution >= 0.6 is 0 Å². The van der Waals surface area contributed by atoms with Gasteiger partial charge in [-0.3, -0.25) is 10.1 Å². The molecule has 1 rings (SSSR count). The molecule has 1 amide bonds.